The van der Waals surface area contributed by atoms with Gasteiger partial charge in [0.25, 0.3) is 0 Å². The third kappa shape index (κ3) is 4.67. The van der Waals surface area contributed by atoms with Gasteiger partial charge in [-0.1, -0.05) is 12.1 Å². The molecule has 0 unspecified atom stereocenters. The Morgan fingerprint density at radius 2 is 2.13 bits per heavy atom. The topological polar surface area (TPSA) is 63.2 Å². The summed E-state index contributed by atoms with van der Waals surface area (Å²) in [6.45, 7) is 5.41. The van der Waals surface area contributed by atoms with Gasteiger partial charge in [-0.2, -0.15) is 5.10 Å². The number of nitrogens with one attached hydrogen (secondary N) is 1. The standard InChI is InChI=1S/C16H20FN5O/c17-14-4-1-3-13(11-14)15-12-19-21-16(20-15)18-5-2-6-22-7-9-23-10-8-22/h1,3-4,11-12H,2,5-10H2,(H,18,20,21). The number of hydrogen-bond donors (Lipinski definition) is 1. The molecule has 1 saturated heterocycles. The van der Waals surface area contributed by atoms with Crippen molar-refractivity contribution < 1.29 is 9.13 Å². The zero-order valence-electron chi connectivity index (χ0n) is 12.9. The maximum atomic E-state index is 13.3. The van der Waals surface area contributed by atoms with E-state index >= 15 is 0 Å². The first-order valence-corrected chi connectivity index (χ1v) is 7.81. The van der Waals surface area contributed by atoms with Crippen molar-refractivity contribution in [1.29, 1.82) is 0 Å². The highest BCUT2D eigenvalue weighted by Crippen LogP contribution is 2.17. The lowest BCUT2D eigenvalue weighted by Crippen LogP contribution is -2.37. The van der Waals surface area contributed by atoms with Crippen LogP contribution in [0.1, 0.15) is 6.42 Å². The second-order valence-corrected chi connectivity index (χ2v) is 5.41. The summed E-state index contributed by atoms with van der Waals surface area (Å²) >= 11 is 0. The highest BCUT2D eigenvalue weighted by molar-refractivity contribution is 5.58. The first kappa shape index (κ1) is 15.8. The molecule has 0 radical (unpaired) electrons. The molecule has 1 N–H and O–H groups in total. The molecule has 1 aliphatic rings. The van der Waals surface area contributed by atoms with E-state index in [1.54, 1.807) is 12.1 Å². The number of hydrogen-bond acceptors (Lipinski definition) is 6. The summed E-state index contributed by atoms with van der Waals surface area (Å²) in [5, 5.41) is 11.1. The van der Waals surface area contributed by atoms with E-state index in [1.165, 1.54) is 18.3 Å². The van der Waals surface area contributed by atoms with Crippen LogP contribution < -0.4 is 5.32 Å². The van der Waals surface area contributed by atoms with Crippen LogP contribution in [0.15, 0.2) is 30.5 Å². The molecular formula is C16H20FN5O. The number of ether oxygens (including phenoxy) is 1. The average molecular weight is 317 g/mol. The number of aromatic nitrogens is 3. The van der Waals surface area contributed by atoms with Crippen LogP contribution in [0.5, 0.6) is 0 Å². The fraction of sp³-hybridized carbons (Fsp3) is 0.438. The molecular weight excluding hydrogens is 297 g/mol. The van der Waals surface area contributed by atoms with Crippen molar-refractivity contribution in [2.45, 2.75) is 6.42 Å². The lowest BCUT2D eigenvalue weighted by atomic mass is 10.2. The molecule has 7 heteroatoms. The molecule has 23 heavy (non-hydrogen) atoms. The van der Waals surface area contributed by atoms with Crippen molar-refractivity contribution in [1.82, 2.24) is 20.1 Å². The highest BCUT2D eigenvalue weighted by Gasteiger charge is 2.09. The van der Waals surface area contributed by atoms with Crippen molar-refractivity contribution in [3.63, 3.8) is 0 Å². The quantitative estimate of drug-likeness (QED) is 0.820. The number of halogens is 1. The van der Waals surface area contributed by atoms with Gasteiger partial charge < -0.3 is 10.1 Å². The molecule has 1 aromatic heterocycles. The minimum Gasteiger partial charge on any atom is -0.379 e. The Labute approximate surface area is 134 Å². The van der Waals surface area contributed by atoms with Gasteiger partial charge >= 0.3 is 0 Å². The Kier molecular flexibility index (Phi) is 5.44. The number of morpholine rings is 1. The molecule has 1 aromatic carbocycles. The van der Waals surface area contributed by atoms with Crippen LogP contribution in [0.25, 0.3) is 11.3 Å². The van der Waals surface area contributed by atoms with Crippen molar-refractivity contribution in [3.8, 4) is 11.3 Å². The molecule has 0 atom stereocenters. The molecule has 0 bridgehead atoms. The van der Waals surface area contributed by atoms with Crippen molar-refractivity contribution in [2.24, 2.45) is 0 Å². The smallest absolute Gasteiger partial charge is 0.243 e. The van der Waals surface area contributed by atoms with Crippen LogP contribution in [0.4, 0.5) is 10.3 Å². The van der Waals surface area contributed by atoms with E-state index < -0.39 is 0 Å². The molecule has 0 aliphatic carbocycles. The largest absolute Gasteiger partial charge is 0.379 e. The minimum atomic E-state index is -0.291. The predicted octanol–water partition coefficient (Wildman–Crippen LogP) is 1.81. The van der Waals surface area contributed by atoms with Crippen LogP contribution in [-0.2, 0) is 4.74 Å². The summed E-state index contributed by atoms with van der Waals surface area (Å²) < 4.78 is 18.6. The molecule has 1 aliphatic heterocycles. The molecule has 0 saturated carbocycles. The van der Waals surface area contributed by atoms with Crippen molar-refractivity contribution in [3.05, 3.63) is 36.3 Å². The average Bonchev–Trinajstić information content (AvgIpc) is 2.60. The van der Waals surface area contributed by atoms with E-state index in [1.807, 2.05) is 0 Å². The van der Waals surface area contributed by atoms with Gasteiger partial charge in [-0.05, 0) is 25.1 Å². The van der Waals surface area contributed by atoms with Crippen LogP contribution >= 0.6 is 0 Å². The number of benzene rings is 1. The van der Waals surface area contributed by atoms with Gasteiger partial charge in [0, 0.05) is 25.2 Å². The third-order valence-electron chi connectivity index (χ3n) is 3.72. The Morgan fingerprint density at radius 1 is 1.26 bits per heavy atom. The minimum absolute atomic E-state index is 0.291. The van der Waals surface area contributed by atoms with E-state index in [0.717, 1.165) is 45.8 Å². The maximum Gasteiger partial charge on any atom is 0.243 e. The molecule has 3 rings (SSSR count). The first-order chi connectivity index (χ1) is 11.3. The van der Waals surface area contributed by atoms with E-state index in [4.69, 9.17) is 4.74 Å². The zero-order chi connectivity index (χ0) is 15.9. The Morgan fingerprint density at radius 3 is 2.96 bits per heavy atom. The van der Waals surface area contributed by atoms with E-state index in [9.17, 15) is 4.39 Å². The fourth-order valence-electron chi connectivity index (χ4n) is 2.49. The first-order valence-electron chi connectivity index (χ1n) is 7.81. The SMILES string of the molecule is Fc1cccc(-c2cnnc(NCCCN3CCOCC3)n2)c1. The summed E-state index contributed by atoms with van der Waals surface area (Å²) in [5.74, 6) is 0.176. The zero-order valence-corrected chi connectivity index (χ0v) is 12.9. The Hall–Kier alpha value is -2.12. The van der Waals surface area contributed by atoms with Crippen LogP contribution in [0.2, 0.25) is 0 Å². The monoisotopic (exact) mass is 317 g/mol. The van der Waals surface area contributed by atoms with Crippen LogP contribution in [-0.4, -0.2) is 59.5 Å². The molecule has 0 amide bonds. The molecule has 122 valence electrons. The third-order valence-corrected chi connectivity index (χ3v) is 3.72. The van der Waals surface area contributed by atoms with Crippen LogP contribution in [0, 0.1) is 5.82 Å². The summed E-state index contributed by atoms with van der Waals surface area (Å²) in [5.41, 5.74) is 1.30. The number of nitrogens with zero attached hydrogens (tertiary/aromatic N) is 4. The van der Waals surface area contributed by atoms with Gasteiger partial charge in [0.1, 0.15) is 5.82 Å². The maximum absolute atomic E-state index is 13.3. The van der Waals surface area contributed by atoms with E-state index in [0.29, 0.717) is 17.2 Å². The Balaban J connectivity index is 1.51. The lowest BCUT2D eigenvalue weighted by molar-refractivity contribution is 0.0378. The van der Waals surface area contributed by atoms with Crippen molar-refractivity contribution >= 4 is 5.95 Å². The fourth-order valence-corrected chi connectivity index (χ4v) is 2.49. The van der Waals surface area contributed by atoms with Crippen LogP contribution in [0.3, 0.4) is 0 Å². The molecule has 0 spiro atoms. The summed E-state index contributed by atoms with van der Waals surface area (Å²) in [6, 6.07) is 6.30. The number of rotatable bonds is 6. The lowest BCUT2D eigenvalue weighted by Gasteiger charge is -2.26. The van der Waals surface area contributed by atoms with E-state index in [-0.39, 0.29) is 5.82 Å². The van der Waals surface area contributed by atoms with Gasteiger partial charge in [-0.15, -0.1) is 5.10 Å². The van der Waals surface area contributed by atoms with E-state index in [2.05, 4.69) is 25.4 Å². The van der Waals surface area contributed by atoms with Gasteiger partial charge in [0.05, 0.1) is 25.1 Å². The number of anilines is 1. The molecule has 1 fully saturated rings. The summed E-state index contributed by atoms with van der Waals surface area (Å²) in [6.07, 6.45) is 2.53. The van der Waals surface area contributed by atoms with Gasteiger partial charge in [0.15, 0.2) is 0 Å². The summed E-state index contributed by atoms with van der Waals surface area (Å²) in [4.78, 5) is 6.77. The highest BCUT2D eigenvalue weighted by atomic mass is 19.1. The van der Waals surface area contributed by atoms with Gasteiger partial charge in [-0.25, -0.2) is 9.37 Å². The predicted molar refractivity (Wildman–Crippen MR) is 85.6 cm³/mol. The second-order valence-electron chi connectivity index (χ2n) is 5.41. The summed E-state index contributed by atoms with van der Waals surface area (Å²) in [7, 11) is 0. The molecule has 2 aromatic rings. The van der Waals surface area contributed by atoms with Crippen molar-refractivity contribution in [2.75, 3.05) is 44.7 Å². The normalized spacial score (nSPS) is 15.5. The second kappa shape index (κ2) is 7.94. The Bertz CT molecular complexity index is 633. The van der Waals surface area contributed by atoms with Gasteiger partial charge in [0.2, 0.25) is 5.95 Å². The molecule has 6 nitrogen and oxygen atoms in total. The van der Waals surface area contributed by atoms with Gasteiger partial charge in [-0.3, -0.25) is 4.90 Å². The molecule has 2 heterocycles.